The Morgan fingerprint density at radius 3 is 2.81 bits per heavy atom. The van der Waals surface area contributed by atoms with Crippen molar-refractivity contribution >= 4 is 17.6 Å². The second kappa shape index (κ2) is 8.52. The molecule has 1 aliphatic rings. The van der Waals surface area contributed by atoms with Crippen molar-refractivity contribution in [3.8, 4) is 0 Å². The summed E-state index contributed by atoms with van der Waals surface area (Å²) in [5.41, 5.74) is 11.5. The average molecular weight is 350 g/mol. The van der Waals surface area contributed by atoms with Crippen LogP contribution in [0, 0.1) is 6.92 Å². The SMILES string of the molecule is Cc1cccc(C(=O)NCCN=C(N)Nc2cccc3c2CCCC3)c1. The van der Waals surface area contributed by atoms with Gasteiger partial charge in [0.05, 0.1) is 6.54 Å². The Morgan fingerprint density at radius 1 is 1.15 bits per heavy atom. The summed E-state index contributed by atoms with van der Waals surface area (Å²) < 4.78 is 0. The minimum atomic E-state index is -0.0902. The summed E-state index contributed by atoms with van der Waals surface area (Å²) >= 11 is 0. The van der Waals surface area contributed by atoms with Gasteiger partial charge in [0, 0.05) is 17.8 Å². The lowest BCUT2D eigenvalue weighted by Crippen LogP contribution is -2.28. The van der Waals surface area contributed by atoms with Crippen LogP contribution in [0.25, 0.3) is 0 Å². The number of nitrogens with two attached hydrogens (primary N) is 1. The second-order valence-corrected chi connectivity index (χ2v) is 6.67. The third-order valence-electron chi connectivity index (χ3n) is 4.62. The molecule has 0 fully saturated rings. The number of hydrogen-bond donors (Lipinski definition) is 3. The highest BCUT2D eigenvalue weighted by Gasteiger charge is 2.13. The Balaban J connectivity index is 1.51. The van der Waals surface area contributed by atoms with Gasteiger partial charge in [-0.3, -0.25) is 9.79 Å². The first-order valence-corrected chi connectivity index (χ1v) is 9.16. The molecule has 1 amide bonds. The largest absolute Gasteiger partial charge is 0.370 e. The highest BCUT2D eigenvalue weighted by molar-refractivity contribution is 5.94. The van der Waals surface area contributed by atoms with Gasteiger partial charge >= 0.3 is 0 Å². The molecule has 3 rings (SSSR count). The van der Waals surface area contributed by atoms with Crippen LogP contribution in [-0.2, 0) is 12.8 Å². The molecule has 5 heteroatoms. The molecule has 0 radical (unpaired) electrons. The highest BCUT2D eigenvalue weighted by atomic mass is 16.1. The third kappa shape index (κ3) is 4.63. The molecule has 1 aliphatic carbocycles. The number of rotatable bonds is 5. The molecule has 2 aromatic carbocycles. The number of amides is 1. The van der Waals surface area contributed by atoms with E-state index < -0.39 is 0 Å². The van der Waals surface area contributed by atoms with Crippen molar-refractivity contribution in [2.75, 3.05) is 18.4 Å². The molecule has 5 nitrogen and oxygen atoms in total. The third-order valence-corrected chi connectivity index (χ3v) is 4.62. The van der Waals surface area contributed by atoms with Gasteiger partial charge in [-0.05, 0) is 61.9 Å². The summed E-state index contributed by atoms with van der Waals surface area (Å²) in [6.45, 7) is 2.85. The van der Waals surface area contributed by atoms with Gasteiger partial charge in [-0.15, -0.1) is 0 Å². The lowest BCUT2D eigenvalue weighted by Gasteiger charge is -2.19. The summed E-state index contributed by atoms with van der Waals surface area (Å²) in [6.07, 6.45) is 4.68. The number of fused-ring (bicyclic) bond motifs is 1. The van der Waals surface area contributed by atoms with Crippen LogP contribution in [0.4, 0.5) is 5.69 Å². The summed E-state index contributed by atoms with van der Waals surface area (Å²) in [5, 5.41) is 6.08. The summed E-state index contributed by atoms with van der Waals surface area (Å²) in [7, 11) is 0. The van der Waals surface area contributed by atoms with Gasteiger partial charge in [0.15, 0.2) is 5.96 Å². The van der Waals surface area contributed by atoms with Gasteiger partial charge in [-0.1, -0.05) is 29.8 Å². The number of aryl methyl sites for hydroxylation is 2. The number of benzene rings is 2. The molecule has 0 bridgehead atoms. The maximum Gasteiger partial charge on any atom is 0.251 e. The number of carbonyl (C=O) groups is 1. The van der Waals surface area contributed by atoms with Crippen LogP contribution in [-0.4, -0.2) is 25.0 Å². The van der Waals surface area contributed by atoms with Crippen LogP contribution in [0.2, 0.25) is 0 Å². The van der Waals surface area contributed by atoms with Gasteiger partial charge < -0.3 is 16.4 Å². The number of carbonyl (C=O) groups excluding carboxylic acids is 1. The standard InChI is InChI=1S/C21H26N4O/c1-15-6-4-9-17(14-15)20(26)23-12-13-24-21(22)25-19-11-5-8-16-7-2-3-10-18(16)19/h4-6,8-9,11,14H,2-3,7,10,12-13H2,1H3,(H,23,26)(H3,22,24,25). The van der Waals surface area contributed by atoms with Gasteiger partial charge in [0.1, 0.15) is 0 Å². The molecule has 0 saturated heterocycles. The Kier molecular flexibility index (Phi) is 5.89. The number of anilines is 1. The van der Waals surface area contributed by atoms with Gasteiger partial charge in [0.25, 0.3) is 5.91 Å². The van der Waals surface area contributed by atoms with Crippen LogP contribution in [0.5, 0.6) is 0 Å². The normalized spacial score (nSPS) is 13.8. The fraction of sp³-hybridized carbons (Fsp3) is 0.333. The minimum absolute atomic E-state index is 0.0902. The van der Waals surface area contributed by atoms with E-state index in [0.29, 0.717) is 24.6 Å². The van der Waals surface area contributed by atoms with E-state index in [4.69, 9.17) is 5.73 Å². The van der Waals surface area contributed by atoms with Crippen molar-refractivity contribution in [2.24, 2.45) is 10.7 Å². The monoisotopic (exact) mass is 350 g/mol. The van der Waals surface area contributed by atoms with E-state index in [1.165, 1.54) is 24.0 Å². The maximum atomic E-state index is 12.1. The fourth-order valence-corrected chi connectivity index (χ4v) is 3.31. The summed E-state index contributed by atoms with van der Waals surface area (Å²) in [5.74, 6) is 0.293. The zero-order valence-electron chi connectivity index (χ0n) is 15.2. The van der Waals surface area contributed by atoms with E-state index in [-0.39, 0.29) is 5.91 Å². The molecule has 136 valence electrons. The quantitative estimate of drug-likeness (QED) is 0.440. The summed E-state index contributed by atoms with van der Waals surface area (Å²) in [4.78, 5) is 16.4. The molecule has 4 N–H and O–H groups in total. The number of hydrogen-bond acceptors (Lipinski definition) is 2. The molecule has 26 heavy (non-hydrogen) atoms. The molecular formula is C21H26N4O. The van der Waals surface area contributed by atoms with Crippen LogP contribution < -0.4 is 16.4 Å². The van der Waals surface area contributed by atoms with Gasteiger partial charge in [-0.25, -0.2) is 0 Å². The molecule has 2 aromatic rings. The molecule has 0 heterocycles. The predicted octanol–water partition coefficient (Wildman–Crippen LogP) is 3.03. The molecule has 0 aliphatic heterocycles. The smallest absolute Gasteiger partial charge is 0.251 e. The molecule has 0 saturated carbocycles. The minimum Gasteiger partial charge on any atom is -0.370 e. The molecular weight excluding hydrogens is 324 g/mol. The molecule has 0 atom stereocenters. The number of nitrogens with zero attached hydrogens (tertiary/aromatic N) is 1. The van der Waals surface area contributed by atoms with Crippen molar-refractivity contribution in [2.45, 2.75) is 32.6 Å². The Labute approximate surface area is 154 Å². The van der Waals surface area contributed by atoms with E-state index in [1.54, 1.807) is 6.07 Å². The van der Waals surface area contributed by atoms with E-state index in [9.17, 15) is 4.79 Å². The second-order valence-electron chi connectivity index (χ2n) is 6.67. The Hall–Kier alpha value is -2.82. The lowest BCUT2D eigenvalue weighted by molar-refractivity contribution is 0.0954. The van der Waals surface area contributed by atoms with E-state index >= 15 is 0 Å². The van der Waals surface area contributed by atoms with Crippen molar-refractivity contribution in [3.05, 3.63) is 64.7 Å². The number of nitrogens with one attached hydrogen (secondary N) is 2. The molecule has 0 unspecified atom stereocenters. The first-order valence-electron chi connectivity index (χ1n) is 9.16. The van der Waals surface area contributed by atoms with Crippen LogP contribution in [0.15, 0.2) is 47.5 Å². The number of guanidine groups is 1. The first-order chi connectivity index (χ1) is 12.6. The van der Waals surface area contributed by atoms with Gasteiger partial charge in [0.2, 0.25) is 0 Å². The van der Waals surface area contributed by atoms with E-state index in [2.05, 4.69) is 27.8 Å². The molecule has 0 aromatic heterocycles. The van der Waals surface area contributed by atoms with Crippen molar-refractivity contribution < 1.29 is 4.79 Å². The maximum absolute atomic E-state index is 12.1. The van der Waals surface area contributed by atoms with E-state index in [1.807, 2.05) is 31.2 Å². The van der Waals surface area contributed by atoms with Gasteiger partial charge in [-0.2, -0.15) is 0 Å². The Morgan fingerprint density at radius 2 is 1.96 bits per heavy atom. The van der Waals surface area contributed by atoms with E-state index in [0.717, 1.165) is 24.1 Å². The highest BCUT2D eigenvalue weighted by Crippen LogP contribution is 2.27. The molecule has 0 spiro atoms. The van der Waals surface area contributed by atoms with Crippen LogP contribution in [0.3, 0.4) is 0 Å². The van der Waals surface area contributed by atoms with Crippen molar-refractivity contribution in [3.63, 3.8) is 0 Å². The zero-order valence-corrected chi connectivity index (χ0v) is 15.2. The number of aliphatic imine (C=N–C) groups is 1. The average Bonchev–Trinajstić information content (AvgIpc) is 2.65. The first kappa shape index (κ1) is 18.0. The lowest BCUT2D eigenvalue weighted by atomic mass is 9.90. The summed E-state index contributed by atoms with van der Waals surface area (Å²) in [6, 6.07) is 13.8. The van der Waals surface area contributed by atoms with Crippen molar-refractivity contribution in [1.29, 1.82) is 0 Å². The van der Waals surface area contributed by atoms with Crippen LogP contribution in [0.1, 0.15) is 39.9 Å². The zero-order chi connectivity index (χ0) is 18.4. The van der Waals surface area contributed by atoms with Crippen LogP contribution >= 0.6 is 0 Å². The Bertz CT molecular complexity index is 813. The fourth-order valence-electron chi connectivity index (χ4n) is 3.31. The predicted molar refractivity (Wildman–Crippen MR) is 107 cm³/mol. The van der Waals surface area contributed by atoms with Crippen molar-refractivity contribution in [1.82, 2.24) is 5.32 Å². The topological polar surface area (TPSA) is 79.5 Å².